The second-order valence-electron chi connectivity index (χ2n) is 3.75. The van der Waals surface area contributed by atoms with Crippen molar-refractivity contribution >= 4 is 33.2 Å². The van der Waals surface area contributed by atoms with E-state index in [0.29, 0.717) is 0 Å². The molecule has 0 aliphatic carbocycles. The summed E-state index contributed by atoms with van der Waals surface area (Å²) in [6.45, 7) is 0.846. The van der Waals surface area contributed by atoms with Gasteiger partial charge in [0.2, 0.25) is 0 Å². The lowest BCUT2D eigenvalue weighted by Crippen LogP contribution is -2.08. The summed E-state index contributed by atoms with van der Waals surface area (Å²) in [7, 11) is 1.95. The number of hydrogen-bond donors (Lipinski definition) is 1. The number of nitrogens with one attached hydrogen (secondary N) is 1. The lowest BCUT2D eigenvalue weighted by atomic mass is 10.3. The zero-order chi connectivity index (χ0) is 12.3. The van der Waals surface area contributed by atoms with Gasteiger partial charge in [-0.05, 0) is 40.2 Å². The average Bonchev–Trinajstić information content (AvgIpc) is 2.70. The van der Waals surface area contributed by atoms with Gasteiger partial charge in [-0.25, -0.2) is 0 Å². The van der Waals surface area contributed by atoms with Crippen molar-refractivity contribution in [2.24, 2.45) is 7.05 Å². The molecule has 0 atom stereocenters. The number of nitrogens with zero attached hydrogens (tertiary/aromatic N) is 2. The van der Waals surface area contributed by atoms with Gasteiger partial charge in [-0.15, -0.1) is 0 Å². The molecule has 5 heteroatoms. The van der Waals surface area contributed by atoms with E-state index < -0.39 is 0 Å². The summed E-state index contributed by atoms with van der Waals surface area (Å²) in [5, 5.41) is 8.21. The van der Waals surface area contributed by atoms with Gasteiger partial charge in [0.15, 0.2) is 0 Å². The quantitative estimate of drug-likeness (QED) is 0.936. The average molecular weight is 315 g/mol. The van der Waals surface area contributed by atoms with Crippen LogP contribution in [0.15, 0.2) is 34.9 Å². The van der Waals surface area contributed by atoms with E-state index in [1.54, 1.807) is 0 Å². The molecule has 90 valence electrons. The van der Waals surface area contributed by atoms with Gasteiger partial charge in [-0.1, -0.05) is 11.6 Å². The Bertz CT molecular complexity index is 510. The topological polar surface area (TPSA) is 29.9 Å². The molecule has 2 aromatic rings. The predicted molar refractivity (Wildman–Crippen MR) is 74.6 cm³/mol. The molecule has 0 aliphatic rings. The van der Waals surface area contributed by atoms with Gasteiger partial charge in [0, 0.05) is 47.1 Å². The van der Waals surface area contributed by atoms with Crippen molar-refractivity contribution < 1.29 is 0 Å². The highest BCUT2D eigenvalue weighted by molar-refractivity contribution is 9.10. The van der Waals surface area contributed by atoms with E-state index in [1.165, 1.54) is 5.69 Å². The molecule has 0 bridgehead atoms. The number of aryl methyl sites for hydroxylation is 1. The van der Waals surface area contributed by atoms with Crippen LogP contribution in [0.25, 0.3) is 0 Å². The molecule has 0 radical (unpaired) electrons. The summed E-state index contributed by atoms with van der Waals surface area (Å²) in [6, 6.07) is 7.73. The number of benzene rings is 1. The Morgan fingerprint density at radius 2 is 2.24 bits per heavy atom. The Morgan fingerprint density at radius 1 is 1.41 bits per heavy atom. The monoisotopic (exact) mass is 313 g/mol. The first kappa shape index (κ1) is 12.5. The molecule has 0 aliphatic heterocycles. The van der Waals surface area contributed by atoms with Crippen LogP contribution in [0.2, 0.25) is 5.02 Å². The maximum Gasteiger partial charge on any atom is 0.0499 e. The lowest BCUT2D eigenvalue weighted by molar-refractivity contribution is 0.711. The lowest BCUT2D eigenvalue weighted by Gasteiger charge is -2.09. The van der Waals surface area contributed by atoms with Crippen molar-refractivity contribution in [3.63, 3.8) is 0 Å². The fraction of sp³-hybridized carbons (Fsp3) is 0.250. The standard InChI is InChI=1S/C12H13BrClN3/c1-17-10(5-7-16-17)4-6-15-12-8-9(14)2-3-11(12)13/h2-3,5,7-8,15H,4,6H2,1H3. The van der Waals surface area contributed by atoms with Crippen LogP contribution in [0, 0.1) is 0 Å². The van der Waals surface area contributed by atoms with Gasteiger partial charge in [0.1, 0.15) is 0 Å². The second-order valence-corrected chi connectivity index (χ2v) is 5.04. The molecular formula is C12H13BrClN3. The molecule has 3 nitrogen and oxygen atoms in total. The molecule has 2 rings (SSSR count). The fourth-order valence-electron chi connectivity index (χ4n) is 1.60. The maximum absolute atomic E-state index is 5.95. The molecule has 17 heavy (non-hydrogen) atoms. The van der Waals surface area contributed by atoms with E-state index in [0.717, 1.165) is 28.1 Å². The maximum atomic E-state index is 5.95. The van der Waals surface area contributed by atoms with Crippen LogP contribution in [0.1, 0.15) is 5.69 Å². The van der Waals surface area contributed by atoms with E-state index in [1.807, 2.05) is 42.2 Å². The van der Waals surface area contributed by atoms with Gasteiger partial charge in [0.25, 0.3) is 0 Å². The van der Waals surface area contributed by atoms with Crippen molar-refractivity contribution in [1.82, 2.24) is 9.78 Å². The van der Waals surface area contributed by atoms with E-state index in [9.17, 15) is 0 Å². The highest BCUT2D eigenvalue weighted by Crippen LogP contribution is 2.25. The largest absolute Gasteiger partial charge is 0.384 e. The first-order valence-electron chi connectivity index (χ1n) is 5.32. The Balaban J connectivity index is 1.94. The van der Waals surface area contributed by atoms with E-state index in [-0.39, 0.29) is 0 Å². The molecule has 0 saturated carbocycles. The third-order valence-electron chi connectivity index (χ3n) is 2.55. The SMILES string of the molecule is Cn1nccc1CCNc1cc(Cl)ccc1Br. The molecule has 0 amide bonds. The third-order valence-corrected chi connectivity index (χ3v) is 3.47. The zero-order valence-corrected chi connectivity index (χ0v) is 11.8. The number of aromatic nitrogens is 2. The molecule has 0 spiro atoms. The summed E-state index contributed by atoms with van der Waals surface area (Å²) in [5.41, 5.74) is 2.22. The summed E-state index contributed by atoms with van der Waals surface area (Å²) < 4.78 is 2.90. The van der Waals surface area contributed by atoms with E-state index in [4.69, 9.17) is 11.6 Å². The molecule has 1 aromatic carbocycles. The van der Waals surface area contributed by atoms with Crippen molar-refractivity contribution in [3.05, 3.63) is 45.7 Å². The molecule has 1 aromatic heterocycles. The first-order valence-corrected chi connectivity index (χ1v) is 6.50. The predicted octanol–water partition coefficient (Wildman–Crippen LogP) is 3.49. The molecule has 1 heterocycles. The Morgan fingerprint density at radius 3 is 2.94 bits per heavy atom. The molecule has 1 N–H and O–H groups in total. The van der Waals surface area contributed by atoms with E-state index in [2.05, 4.69) is 26.3 Å². The van der Waals surface area contributed by atoms with Gasteiger partial charge >= 0.3 is 0 Å². The summed E-state index contributed by atoms with van der Waals surface area (Å²) in [4.78, 5) is 0. The van der Waals surface area contributed by atoms with Crippen LogP contribution in [0.3, 0.4) is 0 Å². The van der Waals surface area contributed by atoms with Crippen LogP contribution >= 0.6 is 27.5 Å². The Kier molecular flexibility index (Phi) is 4.07. The van der Waals surface area contributed by atoms with Crippen LogP contribution in [0.5, 0.6) is 0 Å². The number of anilines is 1. The minimum Gasteiger partial charge on any atom is -0.384 e. The minimum atomic E-state index is 0.733. The third kappa shape index (κ3) is 3.23. The molecular weight excluding hydrogens is 302 g/mol. The molecule has 0 saturated heterocycles. The fourth-order valence-corrected chi connectivity index (χ4v) is 2.16. The number of halogens is 2. The van der Waals surface area contributed by atoms with Crippen LogP contribution in [0.4, 0.5) is 5.69 Å². The molecule has 0 fully saturated rings. The van der Waals surface area contributed by atoms with Crippen LogP contribution < -0.4 is 5.32 Å². The van der Waals surface area contributed by atoms with Crippen molar-refractivity contribution in [3.8, 4) is 0 Å². The summed E-state index contributed by atoms with van der Waals surface area (Å²) in [6.07, 6.45) is 2.74. The summed E-state index contributed by atoms with van der Waals surface area (Å²) >= 11 is 9.43. The van der Waals surface area contributed by atoms with Crippen LogP contribution in [-0.2, 0) is 13.5 Å². The van der Waals surface area contributed by atoms with E-state index >= 15 is 0 Å². The van der Waals surface area contributed by atoms with Gasteiger partial charge < -0.3 is 5.32 Å². The van der Waals surface area contributed by atoms with Gasteiger partial charge in [-0.3, -0.25) is 4.68 Å². The minimum absolute atomic E-state index is 0.733. The highest BCUT2D eigenvalue weighted by atomic mass is 79.9. The smallest absolute Gasteiger partial charge is 0.0499 e. The number of rotatable bonds is 4. The number of hydrogen-bond acceptors (Lipinski definition) is 2. The van der Waals surface area contributed by atoms with Crippen molar-refractivity contribution in [2.45, 2.75) is 6.42 Å². The summed E-state index contributed by atoms with van der Waals surface area (Å²) in [5.74, 6) is 0. The van der Waals surface area contributed by atoms with Gasteiger partial charge in [-0.2, -0.15) is 5.10 Å². The normalized spacial score (nSPS) is 10.5. The second kappa shape index (κ2) is 5.56. The first-order chi connectivity index (χ1) is 8.16. The molecule has 0 unspecified atom stereocenters. The van der Waals surface area contributed by atoms with Crippen LogP contribution in [-0.4, -0.2) is 16.3 Å². The van der Waals surface area contributed by atoms with Crippen molar-refractivity contribution in [1.29, 1.82) is 0 Å². The Hall–Kier alpha value is -1.000. The zero-order valence-electron chi connectivity index (χ0n) is 9.45. The Labute approximate surface area is 114 Å². The van der Waals surface area contributed by atoms with Gasteiger partial charge in [0.05, 0.1) is 0 Å². The van der Waals surface area contributed by atoms with Crippen molar-refractivity contribution in [2.75, 3.05) is 11.9 Å². The highest BCUT2D eigenvalue weighted by Gasteiger charge is 2.02.